The molecule has 0 saturated heterocycles. The van der Waals surface area contributed by atoms with E-state index in [2.05, 4.69) is 23.6 Å². The molecule has 0 aromatic heterocycles. The first-order valence-corrected chi connectivity index (χ1v) is 16.4. The van der Waals surface area contributed by atoms with Crippen molar-refractivity contribution in [2.24, 2.45) is 0 Å². The topological polar surface area (TPSA) is 105 Å². The molecule has 3 aromatic rings. The van der Waals surface area contributed by atoms with E-state index in [1.165, 1.54) is 51.4 Å². The van der Waals surface area contributed by atoms with Gasteiger partial charge in [0.25, 0.3) is 0 Å². The maximum Gasteiger partial charge on any atom is 2.00 e. The molecule has 47 heavy (non-hydrogen) atoms. The maximum atomic E-state index is 12.4. The van der Waals surface area contributed by atoms with Crippen LogP contribution in [0, 0.1) is 0 Å². The molecule has 0 unspecified atom stereocenters. The summed E-state index contributed by atoms with van der Waals surface area (Å²) in [4.78, 5) is 56.6. The van der Waals surface area contributed by atoms with Crippen LogP contribution in [0.2, 0.25) is 0 Å². The summed E-state index contributed by atoms with van der Waals surface area (Å²) >= 11 is 0. The molecule has 0 N–H and O–H groups in total. The van der Waals surface area contributed by atoms with Gasteiger partial charge in [0.2, 0.25) is 0 Å². The molecule has 0 aliphatic heterocycles. The molecule has 0 spiro atoms. The van der Waals surface area contributed by atoms with Gasteiger partial charge in [-0.1, -0.05) is 127 Å². The minimum absolute atomic E-state index is 0. The third-order valence-corrected chi connectivity index (χ3v) is 7.04. The van der Waals surface area contributed by atoms with E-state index in [0.717, 1.165) is 25.7 Å². The van der Waals surface area contributed by atoms with Crippen molar-refractivity contribution in [1.82, 2.24) is 0 Å². The molecule has 0 fully saturated rings. The SMILES string of the molecule is CCCCCCCCOC(=O)c1ccccc1C(=O)OCCCCCCCC.O=C(OOC(=O)c1ccccc1)c1ccccc1.[H-].[H-].[Mg+2]. The molecule has 3 rings (SSSR count). The fraction of sp³-hybridized carbons (Fsp3) is 0.421. The smallest absolute Gasteiger partial charge is 1.00 e. The summed E-state index contributed by atoms with van der Waals surface area (Å²) in [7, 11) is 0. The van der Waals surface area contributed by atoms with Crippen LogP contribution in [0.15, 0.2) is 84.9 Å². The Labute approximate surface area is 298 Å². The van der Waals surface area contributed by atoms with Crippen LogP contribution in [-0.2, 0) is 19.2 Å². The van der Waals surface area contributed by atoms with E-state index >= 15 is 0 Å². The number of esters is 2. The average Bonchev–Trinajstić information content (AvgIpc) is 3.10. The number of hydrogen-bond donors (Lipinski definition) is 0. The van der Waals surface area contributed by atoms with Crippen LogP contribution in [0.4, 0.5) is 0 Å². The minimum atomic E-state index is -0.708. The minimum Gasteiger partial charge on any atom is -1.00 e. The van der Waals surface area contributed by atoms with Crippen molar-refractivity contribution in [1.29, 1.82) is 0 Å². The first kappa shape index (κ1) is 41.3. The Hall–Kier alpha value is -3.69. The second kappa shape index (κ2) is 26.4. The molecule has 0 saturated carbocycles. The molecule has 0 amide bonds. The molecular formula is C38H50MgO8. The number of unbranched alkanes of at least 4 members (excludes halogenated alkanes) is 10. The Balaban J connectivity index is 0. The Morgan fingerprint density at radius 1 is 0.447 bits per heavy atom. The molecule has 0 aliphatic carbocycles. The summed E-state index contributed by atoms with van der Waals surface area (Å²) in [6.45, 7) is 5.17. The summed E-state index contributed by atoms with van der Waals surface area (Å²) in [6, 6.07) is 23.3. The number of carbonyl (C=O) groups is 4. The largest absolute Gasteiger partial charge is 2.00 e. The first-order valence-electron chi connectivity index (χ1n) is 16.4. The fourth-order valence-corrected chi connectivity index (χ4v) is 4.41. The Kier molecular flexibility index (Phi) is 23.2. The van der Waals surface area contributed by atoms with Gasteiger partial charge < -0.3 is 12.3 Å². The summed E-state index contributed by atoms with van der Waals surface area (Å²) in [6.07, 6.45) is 13.6. The van der Waals surface area contributed by atoms with E-state index in [1.54, 1.807) is 84.9 Å². The van der Waals surface area contributed by atoms with E-state index in [9.17, 15) is 19.2 Å². The zero-order valence-corrected chi connectivity index (χ0v) is 29.4. The van der Waals surface area contributed by atoms with Gasteiger partial charge in [0.05, 0.1) is 35.5 Å². The molecule has 0 aliphatic rings. The zero-order chi connectivity index (χ0) is 33.2. The second-order valence-electron chi connectivity index (χ2n) is 10.8. The summed E-state index contributed by atoms with van der Waals surface area (Å²) in [5.41, 5.74) is 1.22. The monoisotopic (exact) mass is 658 g/mol. The van der Waals surface area contributed by atoms with E-state index in [0.29, 0.717) is 35.5 Å². The number of rotatable bonds is 18. The predicted molar refractivity (Wildman–Crippen MR) is 185 cm³/mol. The van der Waals surface area contributed by atoms with Gasteiger partial charge in [0.15, 0.2) is 0 Å². The van der Waals surface area contributed by atoms with Crippen LogP contribution in [0.3, 0.4) is 0 Å². The van der Waals surface area contributed by atoms with Crippen LogP contribution >= 0.6 is 0 Å². The van der Waals surface area contributed by atoms with E-state index in [1.807, 2.05) is 0 Å². The van der Waals surface area contributed by atoms with Gasteiger partial charge in [-0.05, 0) is 49.2 Å². The molecule has 0 bridgehead atoms. The van der Waals surface area contributed by atoms with Crippen LogP contribution in [0.25, 0.3) is 0 Å². The number of ether oxygens (including phenoxy) is 2. The molecular weight excluding hydrogens is 609 g/mol. The summed E-state index contributed by atoms with van der Waals surface area (Å²) in [5.74, 6) is -2.30. The molecule has 0 heterocycles. The average molecular weight is 659 g/mol. The summed E-state index contributed by atoms with van der Waals surface area (Å²) < 4.78 is 10.7. The molecule has 8 nitrogen and oxygen atoms in total. The van der Waals surface area contributed by atoms with Gasteiger partial charge in [-0.25, -0.2) is 29.0 Å². The van der Waals surface area contributed by atoms with Crippen molar-refractivity contribution in [3.05, 3.63) is 107 Å². The van der Waals surface area contributed by atoms with Gasteiger partial charge in [-0.15, -0.1) is 0 Å². The van der Waals surface area contributed by atoms with E-state index < -0.39 is 23.9 Å². The van der Waals surface area contributed by atoms with E-state index in [-0.39, 0.29) is 25.9 Å². The van der Waals surface area contributed by atoms with Gasteiger partial charge in [0.1, 0.15) is 0 Å². The van der Waals surface area contributed by atoms with Crippen molar-refractivity contribution in [3.63, 3.8) is 0 Å². The maximum absolute atomic E-state index is 12.4. The third-order valence-electron chi connectivity index (χ3n) is 7.04. The summed E-state index contributed by atoms with van der Waals surface area (Å²) in [5, 5.41) is 0. The van der Waals surface area contributed by atoms with Crippen molar-refractivity contribution in [2.45, 2.75) is 90.9 Å². The first-order chi connectivity index (χ1) is 22.5. The molecule has 0 atom stereocenters. The third kappa shape index (κ3) is 17.7. The Bertz CT molecular complexity index is 1210. The fourth-order valence-electron chi connectivity index (χ4n) is 4.41. The number of hydrogen-bond acceptors (Lipinski definition) is 8. The van der Waals surface area contributed by atoms with Gasteiger partial charge >= 0.3 is 46.9 Å². The standard InChI is InChI=1S/C24H38O4.C14H10O4.Mg.2H/c1-3-5-7-9-11-15-19-27-23(25)21-17-13-14-18-22(21)24(26)28-20-16-12-10-8-6-4-2;15-13(11-7-3-1-4-8-11)17-18-14(16)12-9-5-2-6-10-12;;;/h13-14,17-18H,3-12,15-16,19-20H2,1-2H3;1-10H;;;/q;;+2;2*-1. The van der Waals surface area contributed by atoms with E-state index in [4.69, 9.17) is 9.47 Å². The molecule has 0 radical (unpaired) electrons. The molecule has 252 valence electrons. The quantitative estimate of drug-likeness (QED) is 0.0438. The van der Waals surface area contributed by atoms with Crippen molar-refractivity contribution in [2.75, 3.05) is 13.2 Å². The van der Waals surface area contributed by atoms with Crippen molar-refractivity contribution in [3.8, 4) is 0 Å². The Morgan fingerprint density at radius 3 is 1.13 bits per heavy atom. The molecule has 9 heteroatoms. The van der Waals surface area contributed by atoms with Crippen LogP contribution < -0.4 is 0 Å². The van der Waals surface area contributed by atoms with Gasteiger partial charge in [0, 0.05) is 0 Å². The van der Waals surface area contributed by atoms with Crippen LogP contribution in [-0.4, -0.2) is 60.1 Å². The van der Waals surface area contributed by atoms with Crippen LogP contribution in [0.5, 0.6) is 0 Å². The van der Waals surface area contributed by atoms with Crippen LogP contribution in [0.1, 0.15) is 135 Å². The second-order valence-corrected chi connectivity index (χ2v) is 10.8. The predicted octanol–water partition coefficient (Wildman–Crippen LogP) is 9.18. The Morgan fingerprint density at radius 2 is 0.766 bits per heavy atom. The number of carbonyl (C=O) groups excluding carboxylic acids is 4. The van der Waals surface area contributed by atoms with Crippen molar-refractivity contribution >= 4 is 46.9 Å². The van der Waals surface area contributed by atoms with Crippen molar-refractivity contribution < 1.29 is 41.3 Å². The normalized spacial score (nSPS) is 10.0. The zero-order valence-electron chi connectivity index (χ0n) is 30.0. The molecule has 3 aromatic carbocycles. The van der Waals surface area contributed by atoms with Gasteiger partial charge in [-0.2, -0.15) is 0 Å². The number of benzene rings is 3. The van der Waals surface area contributed by atoms with Gasteiger partial charge in [-0.3, -0.25) is 0 Å².